The summed E-state index contributed by atoms with van der Waals surface area (Å²) >= 11 is 0. The van der Waals surface area contributed by atoms with Crippen molar-refractivity contribution in [2.45, 2.75) is 25.8 Å². The lowest BCUT2D eigenvalue weighted by Gasteiger charge is -2.34. The van der Waals surface area contributed by atoms with Gasteiger partial charge in [0.25, 0.3) is 0 Å². The summed E-state index contributed by atoms with van der Waals surface area (Å²) in [6.07, 6.45) is 3.24. The van der Waals surface area contributed by atoms with Crippen molar-refractivity contribution < 1.29 is 9.50 Å². The Bertz CT molecular complexity index is 706. The first-order valence-electron chi connectivity index (χ1n) is 9.52. The summed E-state index contributed by atoms with van der Waals surface area (Å²) in [6.45, 7) is 5.01. The van der Waals surface area contributed by atoms with Crippen LogP contribution in [0.25, 0.3) is 0 Å². The number of hydrogen-bond acceptors (Lipinski definition) is 3. The van der Waals surface area contributed by atoms with Crippen molar-refractivity contribution in [1.29, 1.82) is 0 Å². The molecule has 2 aromatic rings. The first-order chi connectivity index (χ1) is 12.6. The van der Waals surface area contributed by atoms with Crippen LogP contribution in [0.1, 0.15) is 24.0 Å². The highest BCUT2D eigenvalue weighted by atomic mass is 19.1. The molecule has 1 heterocycles. The smallest absolute Gasteiger partial charge is 0.126 e. The Morgan fingerprint density at radius 3 is 2.85 bits per heavy atom. The highest BCUT2D eigenvalue weighted by Gasteiger charge is 2.21. The number of halogens is 1. The molecule has 1 aliphatic heterocycles. The molecule has 140 valence electrons. The standard InChI is InChI=1S/C22H29FN2O/c1-24(15-18-6-4-9-21(26)14-18)16-19-7-5-12-25(17-19)13-11-20-8-2-3-10-22(20)23/h2-4,6,8-10,14,19,26H,5,7,11-13,15-17H2,1H3. The Balaban J connectivity index is 1.46. The minimum absolute atomic E-state index is 0.0908. The number of hydrogen-bond donors (Lipinski definition) is 1. The summed E-state index contributed by atoms with van der Waals surface area (Å²) in [5.41, 5.74) is 1.95. The molecule has 1 aliphatic rings. The molecule has 2 aromatic carbocycles. The number of benzene rings is 2. The largest absolute Gasteiger partial charge is 0.508 e. The van der Waals surface area contributed by atoms with Gasteiger partial charge in [-0.1, -0.05) is 30.3 Å². The summed E-state index contributed by atoms with van der Waals surface area (Å²) in [7, 11) is 2.14. The fraction of sp³-hybridized carbons (Fsp3) is 0.455. The maximum Gasteiger partial charge on any atom is 0.126 e. The van der Waals surface area contributed by atoms with E-state index in [2.05, 4.69) is 22.9 Å². The summed E-state index contributed by atoms with van der Waals surface area (Å²) in [5, 5.41) is 9.60. The topological polar surface area (TPSA) is 26.7 Å². The number of aromatic hydroxyl groups is 1. The van der Waals surface area contributed by atoms with E-state index < -0.39 is 0 Å². The van der Waals surface area contributed by atoms with Crippen LogP contribution in [0.4, 0.5) is 4.39 Å². The predicted molar refractivity (Wildman–Crippen MR) is 104 cm³/mol. The second-order valence-electron chi connectivity index (χ2n) is 7.52. The summed E-state index contributed by atoms with van der Waals surface area (Å²) < 4.78 is 13.8. The van der Waals surface area contributed by atoms with E-state index in [1.54, 1.807) is 18.2 Å². The average molecular weight is 356 g/mol. The third-order valence-corrected chi connectivity index (χ3v) is 5.19. The Labute approximate surface area is 156 Å². The molecule has 1 unspecified atom stereocenters. The summed E-state index contributed by atoms with van der Waals surface area (Å²) in [5.74, 6) is 0.881. The minimum Gasteiger partial charge on any atom is -0.508 e. The zero-order chi connectivity index (χ0) is 18.4. The first kappa shape index (κ1) is 18.9. The molecule has 1 atom stereocenters. The lowest BCUT2D eigenvalue weighted by Crippen LogP contribution is -2.40. The molecular formula is C22H29FN2O. The predicted octanol–water partition coefficient (Wildman–Crippen LogP) is 3.92. The van der Waals surface area contributed by atoms with Crippen LogP contribution in [0.15, 0.2) is 48.5 Å². The van der Waals surface area contributed by atoms with Gasteiger partial charge in [-0.15, -0.1) is 0 Å². The van der Waals surface area contributed by atoms with Gasteiger partial charge in [0.05, 0.1) is 0 Å². The first-order valence-corrected chi connectivity index (χ1v) is 9.52. The summed E-state index contributed by atoms with van der Waals surface area (Å²) in [4.78, 5) is 4.81. The maximum absolute atomic E-state index is 13.8. The Morgan fingerprint density at radius 2 is 2.04 bits per heavy atom. The molecule has 3 rings (SSSR count). The third kappa shape index (κ3) is 5.55. The van der Waals surface area contributed by atoms with Crippen LogP contribution in [0.2, 0.25) is 0 Å². The Hall–Kier alpha value is -1.91. The third-order valence-electron chi connectivity index (χ3n) is 5.19. The number of rotatable bonds is 7. The van der Waals surface area contributed by atoms with Crippen molar-refractivity contribution in [2.75, 3.05) is 33.2 Å². The SMILES string of the molecule is CN(Cc1cccc(O)c1)CC1CCCN(CCc2ccccc2F)C1. The Kier molecular flexibility index (Phi) is 6.64. The zero-order valence-electron chi connectivity index (χ0n) is 15.6. The van der Waals surface area contributed by atoms with Crippen LogP contribution in [0, 0.1) is 11.7 Å². The molecule has 0 aromatic heterocycles. The molecule has 1 saturated heterocycles. The molecule has 0 aliphatic carbocycles. The molecule has 4 heteroatoms. The van der Waals surface area contributed by atoms with Gasteiger partial charge in [-0.2, -0.15) is 0 Å². The van der Waals surface area contributed by atoms with Gasteiger partial charge in [0.15, 0.2) is 0 Å². The summed E-state index contributed by atoms with van der Waals surface area (Å²) in [6, 6.07) is 14.6. The molecule has 26 heavy (non-hydrogen) atoms. The van der Waals surface area contributed by atoms with Crippen molar-refractivity contribution in [2.24, 2.45) is 5.92 Å². The second kappa shape index (κ2) is 9.15. The highest BCUT2D eigenvalue weighted by Crippen LogP contribution is 2.20. The van der Waals surface area contributed by atoms with E-state index in [-0.39, 0.29) is 5.82 Å². The van der Waals surface area contributed by atoms with E-state index >= 15 is 0 Å². The number of phenolic OH excluding ortho intramolecular Hbond substituents is 1. The minimum atomic E-state index is -0.0908. The fourth-order valence-corrected chi connectivity index (χ4v) is 3.95. The van der Waals surface area contributed by atoms with E-state index in [9.17, 15) is 9.50 Å². The van der Waals surface area contributed by atoms with E-state index in [0.717, 1.165) is 50.3 Å². The average Bonchev–Trinajstić information content (AvgIpc) is 2.61. The molecule has 0 saturated carbocycles. The van der Waals surface area contributed by atoms with Crippen LogP contribution in [-0.4, -0.2) is 48.1 Å². The number of nitrogens with zero attached hydrogens (tertiary/aromatic N) is 2. The second-order valence-corrected chi connectivity index (χ2v) is 7.52. The van der Waals surface area contributed by atoms with Crippen molar-refractivity contribution in [1.82, 2.24) is 9.80 Å². The molecule has 0 bridgehead atoms. The highest BCUT2D eigenvalue weighted by molar-refractivity contribution is 5.27. The van der Waals surface area contributed by atoms with Crippen molar-refractivity contribution >= 4 is 0 Å². The van der Waals surface area contributed by atoms with Gasteiger partial charge in [0.1, 0.15) is 11.6 Å². The van der Waals surface area contributed by atoms with E-state index in [1.807, 2.05) is 24.3 Å². The van der Waals surface area contributed by atoms with Crippen molar-refractivity contribution in [3.8, 4) is 5.75 Å². The number of piperidine rings is 1. The molecule has 0 spiro atoms. The van der Waals surface area contributed by atoms with Gasteiger partial charge in [-0.3, -0.25) is 0 Å². The van der Waals surface area contributed by atoms with E-state index in [1.165, 1.54) is 12.8 Å². The van der Waals surface area contributed by atoms with Crippen LogP contribution < -0.4 is 0 Å². The Morgan fingerprint density at radius 1 is 1.19 bits per heavy atom. The monoisotopic (exact) mass is 356 g/mol. The van der Waals surface area contributed by atoms with Crippen LogP contribution in [0.5, 0.6) is 5.75 Å². The van der Waals surface area contributed by atoms with Gasteiger partial charge in [0, 0.05) is 26.2 Å². The number of likely N-dealkylation sites (tertiary alicyclic amines) is 1. The molecule has 1 fully saturated rings. The van der Waals surface area contributed by atoms with Gasteiger partial charge < -0.3 is 14.9 Å². The lowest BCUT2D eigenvalue weighted by atomic mass is 9.97. The van der Waals surface area contributed by atoms with Gasteiger partial charge >= 0.3 is 0 Å². The molecule has 3 nitrogen and oxygen atoms in total. The molecule has 0 amide bonds. The van der Waals surface area contributed by atoms with E-state index in [0.29, 0.717) is 11.7 Å². The maximum atomic E-state index is 13.8. The lowest BCUT2D eigenvalue weighted by molar-refractivity contribution is 0.142. The molecule has 0 radical (unpaired) electrons. The van der Waals surface area contributed by atoms with Crippen LogP contribution >= 0.6 is 0 Å². The number of phenols is 1. The van der Waals surface area contributed by atoms with Gasteiger partial charge in [-0.05, 0) is 68.1 Å². The van der Waals surface area contributed by atoms with E-state index in [4.69, 9.17) is 0 Å². The van der Waals surface area contributed by atoms with Crippen LogP contribution in [-0.2, 0) is 13.0 Å². The van der Waals surface area contributed by atoms with Crippen LogP contribution in [0.3, 0.4) is 0 Å². The quantitative estimate of drug-likeness (QED) is 0.815. The normalized spacial score (nSPS) is 18.3. The molecular weight excluding hydrogens is 327 g/mol. The van der Waals surface area contributed by atoms with Crippen molar-refractivity contribution in [3.05, 3.63) is 65.5 Å². The zero-order valence-corrected chi connectivity index (χ0v) is 15.6. The van der Waals surface area contributed by atoms with Crippen molar-refractivity contribution in [3.63, 3.8) is 0 Å². The molecule has 1 N–H and O–H groups in total. The van der Waals surface area contributed by atoms with Gasteiger partial charge in [0.2, 0.25) is 0 Å². The van der Waals surface area contributed by atoms with Gasteiger partial charge in [-0.25, -0.2) is 4.39 Å². The fourth-order valence-electron chi connectivity index (χ4n) is 3.95.